The molecule has 5 nitrogen and oxygen atoms in total. The summed E-state index contributed by atoms with van der Waals surface area (Å²) in [5.41, 5.74) is -0.864. The molecule has 0 spiro atoms. The quantitative estimate of drug-likeness (QED) is 0.562. The Labute approximate surface area is 118 Å². The number of carbonyl (C=O) groups is 1. The maximum absolute atomic E-state index is 11.3. The first kappa shape index (κ1) is 15.9. The van der Waals surface area contributed by atoms with Crippen molar-refractivity contribution in [2.24, 2.45) is 0 Å². The fourth-order valence-electron chi connectivity index (χ4n) is 1.84. The summed E-state index contributed by atoms with van der Waals surface area (Å²) in [5, 5.41) is 13.3. The molecule has 6 heteroatoms. The molecule has 1 heterocycles. The van der Waals surface area contributed by atoms with Crippen molar-refractivity contribution in [1.82, 2.24) is 15.3 Å². The molecular weight excluding hydrogens is 262 g/mol. The molecule has 0 bridgehead atoms. The Morgan fingerprint density at radius 1 is 1.53 bits per heavy atom. The van der Waals surface area contributed by atoms with Gasteiger partial charge in [-0.2, -0.15) is 0 Å². The maximum Gasteiger partial charge on any atom is 0.323 e. The van der Waals surface area contributed by atoms with Gasteiger partial charge in [0.15, 0.2) is 0 Å². The number of aromatic nitrogens is 2. The Morgan fingerprint density at radius 3 is 2.79 bits per heavy atom. The summed E-state index contributed by atoms with van der Waals surface area (Å²) in [6, 6.07) is 0.147. The van der Waals surface area contributed by atoms with Gasteiger partial charge in [0.25, 0.3) is 0 Å². The van der Waals surface area contributed by atoms with Gasteiger partial charge in [-0.1, -0.05) is 0 Å². The summed E-state index contributed by atoms with van der Waals surface area (Å²) in [5.74, 6) is 0.0344. The van der Waals surface area contributed by atoms with Crippen molar-refractivity contribution < 1.29 is 9.90 Å². The molecule has 2 N–H and O–H groups in total. The van der Waals surface area contributed by atoms with Crippen molar-refractivity contribution in [2.75, 3.05) is 5.75 Å². The topological polar surface area (TPSA) is 75.1 Å². The Hall–Kier alpha value is -1.14. The summed E-state index contributed by atoms with van der Waals surface area (Å²) < 4.78 is 0. The highest BCUT2D eigenvalue weighted by atomic mass is 32.2. The summed E-state index contributed by atoms with van der Waals surface area (Å²) in [7, 11) is 0. The van der Waals surface area contributed by atoms with Crippen LogP contribution >= 0.6 is 11.8 Å². The first-order valence-corrected chi connectivity index (χ1v) is 7.32. The second-order valence-electron chi connectivity index (χ2n) is 4.93. The predicted octanol–water partition coefficient (Wildman–Crippen LogP) is 2.19. The first-order chi connectivity index (χ1) is 8.94. The van der Waals surface area contributed by atoms with Crippen LogP contribution in [0.1, 0.15) is 33.6 Å². The molecule has 19 heavy (non-hydrogen) atoms. The van der Waals surface area contributed by atoms with Crippen molar-refractivity contribution in [1.29, 1.82) is 0 Å². The van der Waals surface area contributed by atoms with Gasteiger partial charge in [-0.3, -0.25) is 15.1 Å². The van der Waals surface area contributed by atoms with Crippen LogP contribution in [0.4, 0.5) is 0 Å². The number of nitrogens with one attached hydrogen (secondary N) is 1. The van der Waals surface area contributed by atoms with Crippen LogP contribution in [0.5, 0.6) is 0 Å². The molecule has 0 aromatic carbocycles. The fraction of sp³-hybridized carbons (Fsp3) is 0.615. The SMILES string of the molecule is CC(C)NC(C)(CCCSc1cnccn1)C(=O)O. The minimum atomic E-state index is -0.864. The summed E-state index contributed by atoms with van der Waals surface area (Å²) in [4.78, 5) is 19.5. The van der Waals surface area contributed by atoms with Crippen molar-refractivity contribution in [3.63, 3.8) is 0 Å². The number of carboxylic acids is 1. The Morgan fingerprint density at radius 2 is 2.26 bits per heavy atom. The van der Waals surface area contributed by atoms with Gasteiger partial charge in [-0.15, -0.1) is 11.8 Å². The van der Waals surface area contributed by atoms with E-state index in [9.17, 15) is 9.90 Å². The molecule has 0 aliphatic carbocycles. The second-order valence-corrected chi connectivity index (χ2v) is 6.05. The van der Waals surface area contributed by atoms with E-state index in [1.54, 1.807) is 37.3 Å². The largest absolute Gasteiger partial charge is 0.480 e. The first-order valence-electron chi connectivity index (χ1n) is 6.34. The lowest BCUT2D eigenvalue weighted by molar-refractivity contribution is -0.144. The molecule has 0 amide bonds. The Kier molecular flexibility index (Phi) is 6.24. The second kappa shape index (κ2) is 7.45. The van der Waals surface area contributed by atoms with Crippen LogP contribution < -0.4 is 5.32 Å². The van der Waals surface area contributed by atoms with Crippen LogP contribution in [0.3, 0.4) is 0 Å². The van der Waals surface area contributed by atoms with Gasteiger partial charge in [-0.05, 0) is 39.4 Å². The lowest BCUT2D eigenvalue weighted by Crippen LogP contribution is -2.52. The van der Waals surface area contributed by atoms with Crippen molar-refractivity contribution in [3.05, 3.63) is 18.6 Å². The molecule has 0 saturated heterocycles. The van der Waals surface area contributed by atoms with Crippen LogP contribution in [0.2, 0.25) is 0 Å². The van der Waals surface area contributed by atoms with E-state index in [1.165, 1.54) is 0 Å². The van der Waals surface area contributed by atoms with Crippen LogP contribution in [-0.2, 0) is 4.79 Å². The van der Waals surface area contributed by atoms with Gasteiger partial charge in [0, 0.05) is 18.4 Å². The van der Waals surface area contributed by atoms with Crippen LogP contribution in [0.25, 0.3) is 0 Å². The monoisotopic (exact) mass is 283 g/mol. The van der Waals surface area contributed by atoms with Crippen LogP contribution in [0, 0.1) is 0 Å². The average molecular weight is 283 g/mol. The molecule has 1 unspecified atom stereocenters. The molecule has 1 aromatic heterocycles. The van der Waals surface area contributed by atoms with E-state index < -0.39 is 11.5 Å². The normalized spacial score (nSPS) is 14.3. The zero-order chi connectivity index (χ0) is 14.3. The minimum Gasteiger partial charge on any atom is -0.480 e. The van der Waals surface area contributed by atoms with E-state index in [0.29, 0.717) is 6.42 Å². The van der Waals surface area contributed by atoms with Gasteiger partial charge >= 0.3 is 5.97 Å². The summed E-state index contributed by atoms with van der Waals surface area (Å²) >= 11 is 1.60. The van der Waals surface area contributed by atoms with Crippen LogP contribution in [-0.4, -0.2) is 38.4 Å². The highest BCUT2D eigenvalue weighted by molar-refractivity contribution is 7.99. The number of rotatable bonds is 8. The lowest BCUT2D eigenvalue weighted by atomic mass is 9.95. The van der Waals surface area contributed by atoms with Gasteiger partial charge < -0.3 is 5.11 Å². The number of hydrogen-bond donors (Lipinski definition) is 2. The van der Waals surface area contributed by atoms with Gasteiger partial charge in [0.05, 0.1) is 6.20 Å². The summed E-state index contributed by atoms with van der Waals surface area (Å²) in [6.45, 7) is 5.65. The van der Waals surface area contributed by atoms with Crippen LogP contribution in [0.15, 0.2) is 23.6 Å². The Bertz CT molecular complexity index is 400. The molecule has 0 radical (unpaired) electrons. The number of nitrogens with zero attached hydrogens (tertiary/aromatic N) is 2. The van der Waals surface area contributed by atoms with Gasteiger partial charge in [0.2, 0.25) is 0 Å². The molecule has 1 aromatic rings. The molecule has 0 saturated carbocycles. The maximum atomic E-state index is 11.3. The molecule has 0 fully saturated rings. The Balaban J connectivity index is 2.39. The minimum absolute atomic E-state index is 0.147. The van der Waals surface area contributed by atoms with Gasteiger partial charge in [-0.25, -0.2) is 4.98 Å². The molecule has 1 atom stereocenters. The molecule has 106 valence electrons. The summed E-state index contributed by atoms with van der Waals surface area (Å²) in [6.07, 6.45) is 6.41. The third-order valence-corrected chi connectivity index (χ3v) is 3.69. The molecular formula is C13H21N3O2S. The zero-order valence-electron chi connectivity index (χ0n) is 11.6. The highest BCUT2D eigenvalue weighted by Gasteiger charge is 2.32. The average Bonchev–Trinajstić information content (AvgIpc) is 2.35. The number of carboxylic acid groups (broad SMARTS) is 1. The van der Waals surface area contributed by atoms with E-state index in [2.05, 4.69) is 15.3 Å². The fourth-order valence-corrected chi connectivity index (χ4v) is 2.61. The van der Waals surface area contributed by atoms with E-state index in [-0.39, 0.29) is 6.04 Å². The third-order valence-electron chi connectivity index (χ3n) is 2.69. The lowest BCUT2D eigenvalue weighted by Gasteiger charge is -2.28. The van der Waals surface area contributed by atoms with Crippen molar-refractivity contribution in [2.45, 2.75) is 50.2 Å². The number of aliphatic carboxylic acids is 1. The van der Waals surface area contributed by atoms with E-state index in [0.717, 1.165) is 17.2 Å². The molecule has 1 rings (SSSR count). The number of hydrogen-bond acceptors (Lipinski definition) is 5. The standard InChI is InChI=1S/C13H21N3O2S/c1-10(2)16-13(3,12(17)18)5-4-8-19-11-9-14-6-7-15-11/h6-7,9-10,16H,4-5,8H2,1-3H3,(H,17,18). The smallest absolute Gasteiger partial charge is 0.323 e. The van der Waals surface area contributed by atoms with E-state index >= 15 is 0 Å². The van der Waals surface area contributed by atoms with Crippen molar-refractivity contribution in [3.8, 4) is 0 Å². The predicted molar refractivity (Wildman–Crippen MR) is 76.3 cm³/mol. The van der Waals surface area contributed by atoms with Gasteiger partial charge in [0.1, 0.15) is 10.6 Å². The number of thioether (sulfide) groups is 1. The van der Waals surface area contributed by atoms with E-state index in [1.807, 2.05) is 13.8 Å². The highest BCUT2D eigenvalue weighted by Crippen LogP contribution is 2.19. The molecule has 0 aliphatic heterocycles. The van der Waals surface area contributed by atoms with E-state index in [4.69, 9.17) is 0 Å². The third kappa shape index (κ3) is 5.57. The van der Waals surface area contributed by atoms with Crippen molar-refractivity contribution >= 4 is 17.7 Å². The molecule has 0 aliphatic rings. The zero-order valence-corrected chi connectivity index (χ0v) is 12.4.